The van der Waals surface area contributed by atoms with Crippen LogP contribution >= 0.6 is 24.0 Å². The molecule has 31 heavy (non-hydrogen) atoms. The van der Waals surface area contributed by atoms with Crippen LogP contribution in [0, 0.1) is 0 Å². The summed E-state index contributed by atoms with van der Waals surface area (Å²) in [4.78, 5) is 27.1. The zero-order chi connectivity index (χ0) is 22.2. The third kappa shape index (κ3) is 6.16. The van der Waals surface area contributed by atoms with Crippen molar-refractivity contribution in [2.75, 3.05) is 20.3 Å². The van der Waals surface area contributed by atoms with Crippen LogP contribution in [0.2, 0.25) is 0 Å². The quantitative estimate of drug-likeness (QED) is 0.446. The largest absolute Gasteiger partial charge is 0.496 e. The minimum absolute atomic E-state index is 0.0969. The molecule has 0 unspecified atom stereocenters. The monoisotopic (exact) mass is 456 g/mol. The molecule has 2 N–H and O–H groups in total. The number of para-hydroxylation sites is 1. The van der Waals surface area contributed by atoms with Gasteiger partial charge in [-0.25, -0.2) is 0 Å². The lowest BCUT2D eigenvalue weighted by Crippen LogP contribution is -2.41. The summed E-state index contributed by atoms with van der Waals surface area (Å²) in [6, 6.07) is 16.7. The summed E-state index contributed by atoms with van der Waals surface area (Å²) < 4.78 is 5.75. The number of carbonyl (C=O) groups excluding carboxylic acids is 2. The van der Waals surface area contributed by atoms with Gasteiger partial charge in [0.05, 0.1) is 24.7 Å². The predicted molar refractivity (Wildman–Crippen MR) is 127 cm³/mol. The predicted octanol–water partition coefficient (Wildman–Crippen LogP) is 3.01. The number of rotatable bonds is 9. The lowest BCUT2D eigenvalue weighted by molar-refractivity contribution is -0.124. The van der Waals surface area contributed by atoms with E-state index in [1.165, 1.54) is 16.7 Å². The number of ether oxygens (including phenoxy) is 1. The van der Waals surface area contributed by atoms with Crippen molar-refractivity contribution in [1.29, 1.82) is 0 Å². The van der Waals surface area contributed by atoms with E-state index in [9.17, 15) is 14.7 Å². The van der Waals surface area contributed by atoms with Crippen molar-refractivity contribution in [3.8, 4) is 5.75 Å². The number of nitrogens with zero attached hydrogens (tertiary/aromatic N) is 1. The first-order chi connectivity index (χ1) is 15.0. The van der Waals surface area contributed by atoms with E-state index in [1.807, 2.05) is 54.6 Å². The fraction of sp³-hybridized carbons (Fsp3) is 0.261. The summed E-state index contributed by atoms with van der Waals surface area (Å²) in [5.74, 6) is 0.204. The normalized spacial score (nSPS) is 15.9. The minimum atomic E-state index is -0.383. The molecule has 8 heteroatoms. The van der Waals surface area contributed by atoms with Gasteiger partial charge in [0.1, 0.15) is 10.1 Å². The molecule has 0 aromatic heterocycles. The van der Waals surface area contributed by atoms with Gasteiger partial charge < -0.3 is 15.2 Å². The summed E-state index contributed by atoms with van der Waals surface area (Å²) in [5.41, 5.74) is 1.82. The van der Waals surface area contributed by atoms with Gasteiger partial charge in [0, 0.05) is 18.5 Å². The van der Waals surface area contributed by atoms with E-state index in [4.69, 9.17) is 17.0 Å². The highest BCUT2D eigenvalue weighted by Crippen LogP contribution is 2.34. The highest BCUT2D eigenvalue weighted by molar-refractivity contribution is 8.26. The van der Waals surface area contributed by atoms with Crippen LogP contribution in [0.25, 0.3) is 6.08 Å². The van der Waals surface area contributed by atoms with Gasteiger partial charge in [0.25, 0.3) is 5.91 Å². The van der Waals surface area contributed by atoms with Gasteiger partial charge in [0.15, 0.2) is 0 Å². The number of benzene rings is 2. The SMILES string of the molecule is COc1ccccc1/C=C1\SC(=S)N(CCC(=O)N[C@H](CO)Cc2ccccc2)C1=O. The van der Waals surface area contributed by atoms with Gasteiger partial charge in [-0.15, -0.1) is 0 Å². The van der Waals surface area contributed by atoms with Gasteiger partial charge in [-0.3, -0.25) is 14.5 Å². The fourth-order valence-electron chi connectivity index (χ4n) is 3.19. The van der Waals surface area contributed by atoms with Crippen LogP contribution < -0.4 is 10.1 Å². The highest BCUT2D eigenvalue weighted by Gasteiger charge is 2.32. The first-order valence-electron chi connectivity index (χ1n) is 9.84. The number of hydrogen-bond donors (Lipinski definition) is 2. The number of amides is 2. The zero-order valence-corrected chi connectivity index (χ0v) is 18.7. The van der Waals surface area contributed by atoms with Crippen molar-refractivity contribution in [1.82, 2.24) is 10.2 Å². The van der Waals surface area contributed by atoms with Crippen LogP contribution in [-0.2, 0) is 16.0 Å². The van der Waals surface area contributed by atoms with Crippen LogP contribution in [-0.4, -0.2) is 52.4 Å². The van der Waals surface area contributed by atoms with Gasteiger partial charge in [-0.1, -0.05) is 72.5 Å². The van der Waals surface area contributed by atoms with Crippen molar-refractivity contribution in [2.45, 2.75) is 18.9 Å². The second kappa shape index (κ2) is 11.1. The Labute approximate surface area is 191 Å². The molecule has 162 valence electrons. The molecule has 0 aliphatic carbocycles. The third-order valence-corrected chi connectivity index (χ3v) is 6.15. The van der Waals surface area contributed by atoms with Crippen LogP contribution in [0.4, 0.5) is 0 Å². The van der Waals surface area contributed by atoms with Crippen LogP contribution in [0.5, 0.6) is 5.75 Å². The van der Waals surface area contributed by atoms with Crippen molar-refractivity contribution in [3.63, 3.8) is 0 Å². The molecule has 0 radical (unpaired) electrons. The molecule has 2 amide bonds. The summed E-state index contributed by atoms with van der Waals surface area (Å²) in [6.07, 6.45) is 2.38. The summed E-state index contributed by atoms with van der Waals surface area (Å²) in [7, 11) is 1.58. The van der Waals surface area contributed by atoms with Gasteiger partial charge in [-0.05, 0) is 24.1 Å². The molecule has 2 aromatic rings. The van der Waals surface area contributed by atoms with E-state index in [2.05, 4.69) is 5.32 Å². The standard InChI is InChI=1S/C23H24N2O4S2/c1-29-19-10-6-5-9-17(19)14-20-22(28)25(23(30)31-20)12-11-21(27)24-18(15-26)13-16-7-3-2-4-8-16/h2-10,14,18,26H,11-13,15H2,1H3,(H,24,27)/b20-14-/t18-/m0/s1. The summed E-state index contributed by atoms with van der Waals surface area (Å²) in [6.45, 7) is 0.0204. The highest BCUT2D eigenvalue weighted by atomic mass is 32.2. The van der Waals surface area contributed by atoms with E-state index >= 15 is 0 Å². The van der Waals surface area contributed by atoms with Gasteiger partial charge in [-0.2, -0.15) is 0 Å². The number of aliphatic hydroxyl groups excluding tert-OH is 1. The molecule has 6 nitrogen and oxygen atoms in total. The molecule has 0 saturated carbocycles. The Balaban J connectivity index is 1.57. The summed E-state index contributed by atoms with van der Waals surface area (Å²) in [5, 5.41) is 12.4. The smallest absolute Gasteiger partial charge is 0.266 e. The number of thioether (sulfide) groups is 1. The number of carbonyl (C=O) groups is 2. The molecule has 1 heterocycles. The number of nitrogens with one attached hydrogen (secondary N) is 1. The van der Waals surface area contributed by atoms with Crippen molar-refractivity contribution < 1.29 is 19.4 Å². The molecule has 1 aliphatic heterocycles. The molecule has 1 saturated heterocycles. The molecule has 0 bridgehead atoms. The second-order valence-corrected chi connectivity index (χ2v) is 8.64. The summed E-state index contributed by atoms with van der Waals surface area (Å²) >= 11 is 6.56. The lowest BCUT2D eigenvalue weighted by Gasteiger charge is -2.18. The van der Waals surface area contributed by atoms with Crippen LogP contribution in [0.3, 0.4) is 0 Å². The average Bonchev–Trinajstić information content (AvgIpc) is 3.05. The maximum absolute atomic E-state index is 12.8. The van der Waals surface area contributed by atoms with Crippen molar-refractivity contribution in [2.24, 2.45) is 0 Å². The minimum Gasteiger partial charge on any atom is -0.496 e. The van der Waals surface area contributed by atoms with E-state index < -0.39 is 0 Å². The van der Waals surface area contributed by atoms with Gasteiger partial charge in [0.2, 0.25) is 5.91 Å². The van der Waals surface area contributed by atoms with E-state index in [0.29, 0.717) is 21.4 Å². The number of aliphatic hydroxyl groups is 1. The fourth-order valence-corrected chi connectivity index (χ4v) is 4.49. The first-order valence-corrected chi connectivity index (χ1v) is 11.1. The first kappa shape index (κ1) is 23.0. The van der Waals surface area contributed by atoms with E-state index in [0.717, 1.165) is 11.1 Å². The molecule has 1 aliphatic rings. The number of hydrogen-bond acceptors (Lipinski definition) is 6. The molecular weight excluding hydrogens is 432 g/mol. The lowest BCUT2D eigenvalue weighted by atomic mass is 10.1. The second-order valence-electron chi connectivity index (χ2n) is 6.96. The van der Waals surface area contributed by atoms with Crippen molar-refractivity contribution in [3.05, 3.63) is 70.6 Å². The molecule has 3 rings (SSSR count). The Bertz CT molecular complexity index is 979. The van der Waals surface area contributed by atoms with Crippen LogP contribution in [0.15, 0.2) is 59.5 Å². The Kier molecular flexibility index (Phi) is 8.22. The third-order valence-electron chi connectivity index (χ3n) is 4.77. The van der Waals surface area contributed by atoms with E-state index in [1.54, 1.807) is 13.2 Å². The Hall–Kier alpha value is -2.68. The maximum atomic E-state index is 12.8. The molecule has 0 spiro atoms. The Morgan fingerprint density at radius 3 is 2.65 bits per heavy atom. The Morgan fingerprint density at radius 1 is 1.23 bits per heavy atom. The molecule has 2 aromatic carbocycles. The Morgan fingerprint density at radius 2 is 1.94 bits per heavy atom. The topological polar surface area (TPSA) is 78.9 Å². The molecule has 1 atom stereocenters. The van der Waals surface area contributed by atoms with E-state index in [-0.39, 0.29) is 37.4 Å². The van der Waals surface area contributed by atoms with Crippen LogP contribution in [0.1, 0.15) is 17.5 Å². The number of methoxy groups -OCH3 is 1. The number of thiocarbonyl (C=S) groups is 1. The average molecular weight is 457 g/mol. The van der Waals surface area contributed by atoms with Crippen molar-refractivity contribution >= 4 is 46.2 Å². The zero-order valence-electron chi connectivity index (χ0n) is 17.1. The molecular formula is C23H24N2O4S2. The maximum Gasteiger partial charge on any atom is 0.266 e. The molecule has 1 fully saturated rings. The van der Waals surface area contributed by atoms with Gasteiger partial charge >= 0.3 is 0 Å².